The number of carbonyl (C=O) groups excluding carboxylic acids is 1. The molecule has 0 fully saturated rings. The SMILES string of the molecule is CC(C)(C)[Si](OC[C@H]1OC(=O)C=C[C@H]1CO)(c1ccccc1)c1ccccc1. The van der Waals surface area contributed by atoms with Gasteiger partial charge < -0.3 is 14.3 Å². The number of esters is 1. The Bertz CT molecular complexity index is 772. The third-order valence-electron chi connectivity index (χ3n) is 5.32. The first-order valence-corrected chi connectivity index (χ1v) is 11.5. The Morgan fingerprint density at radius 2 is 1.54 bits per heavy atom. The van der Waals surface area contributed by atoms with Gasteiger partial charge in [-0.2, -0.15) is 0 Å². The quantitative estimate of drug-likeness (QED) is 0.602. The molecule has 0 spiro atoms. The molecule has 2 aromatic carbocycles. The second-order valence-corrected chi connectivity index (χ2v) is 12.5. The van der Waals surface area contributed by atoms with Crippen LogP contribution < -0.4 is 10.4 Å². The molecule has 0 saturated carbocycles. The Morgan fingerprint density at radius 1 is 1.00 bits per heavy atom. The predicted octanol–water partition coefficient (Wildman–Crippen LogP) is 2.65. The van der Waals surface area contributed by atoms with E-state index in [0.717, 1.165) is 0 Å². The van der Waals surface area contributed by atoms with Gasteiger partial charge in [0.15, 0.2) is 0 Å². The number of hydrogen-bond donors (Lipinski definition) is 1. The molecule has 1 heterocycles. The van der Waals surface area contributed by atoms with Crippen LogP contribution in [0.15, 0.2) is 72.8 Å². The molecule has 4 nitrogen and oxygen atoms in total. The lowest BCUT2D eigenvalue weighted by Gasteiger charge is -2.44. The Labute approximate surface area is 167 Å². The highest BCUT2D eigenvalue weighted by Gasteiger charge is 2.50. The fourth-order valence-corrected chi connectivity index (χ4v) is 8.48. The van der Waals surface area contributed by atoms with Crippen LogP contribution in [0.5, 0.6) is 0 Å². The molecule has 0 radical (unpaired) electrons. The molecule has 1 aliphatic rings. The molecule has 5 heteroatoms. The number of aliphatic hydroxyl groups excluding tert-OH is 1. The molecule has 3 rings (SSSR count). The number of hydrogen-bond acceptors (Lipinski definition) is 4. The monoisotopic (exact) mass is 396 g/mol. The van der Waals surface area contributed by atoms with Crippen molar-refractivity contribution in [2.24, 2.45) is 5.92 Å². The normalized spacial score (nSPS) is 20.1. The summed E-state index contributed by atoms with van der Waals surface area (Å²) in [5, 5.41) is 11.9. The van der Waals surface area contributed by atoms with Crippen molar-refractivity contribution in [2.75, 3.05) is 13.2 Å². The fourth-order valence-electron chi connectivity index (χ4n) is 3.91. The lowest BCUT2D eigenvalue weighted by molar-refractivity contribution is -0.149. The van der Waals surface area contributed by atoms with E-state index in [2.05, 4.69) is 45.0 Å². The summed E-state index contributed by atoms with van der Waals surface area (Å²) >= 11 is 0. The van der Waals surface area contributed by atoms with E-state index in [1.165, 1.54) is 16.4 Å². The first-order valence-electron chi connectivity index (χ1n) is 9.63. The second kappa shape index (κ2) is 8.43. The number of ether oxygens (including phenoxy) is 1. The summed E-state index contributed by atoms with van der Waals surface area (Å²) in [5.74, 6) is -0.642. The van der Waals surface area contributed by atoms with E-state index in [-0.39, 0.29) is 30.1 Å². The van der Waals surface area contributed by atoms with Crippen molar-refractivity contribution < 1.29 is 19.1 Å². The van der Waals surface area contributed by atoms with E-state index < -0.39 is 14.4 Å². The highest BCUT2D eigenvalue weighted by atomic mass is 28.4. The molecule has 0 saturated heterocycles. The number of rotatable bonds is 6. The van der Waals surface area contributed by atoms with E-state index in [0.29, 0.717) is 0 Å². The second-order valence-electron chi connectivity index (χ2n) is 8.16. The summed E-state index contributed by atoms with van der Waals surface area (Å²) in [6, 6.07) is 20.7. The van der Waals surface area contributed by atoms with Gasteiger partial charge in [0, 0.05) is 12.0 Å². The van der Waals surface area contributed by atoms with Gasteiger partial charge in [-0.05, 0) is 15.4 Å². The van der Waals surface area contributed by atoms with E-state index in [1.807, 2.05) is 36.4 Å². The largest absolute Gasteiger partial charge is 0.456 e. The van der Waals surface area contributed by atoms with Crippen LogP contribution in [0.4, 0.5) is 0 Å². The zero-order valence-corrected chi connectivity index (χ0v) is 17.7. The summed E-state index contributed by atoms with van der Waals surface area (Å²) in [7, 11) is -2.69. The predicted molar refractivity (Wildman–Crippen MR) is 113 cm³/mol. The first-order chi connectivity index (χ1) is 13.4. The van der Waals surface area contributed by atoms with Crippen LogP contribution in [0.3, 0.4) is 0 Å². The standard InChI is InChI=1S/C23H28O4Si/c1-23(2,3)28(19-10-6-4-7-11-19,20-12-8-5-9-13-20)26-17-21-18(16-24)14-15-22(25)27-21/h4-15,18,21,24H,16-17H2,1-3H3/t18-,21+/m0/s1. The molecule has 148 valence electrons. The van der Waals surface area contributed by atoms with Crippen molar-refractivity contribution in [1.82, 2.24) is 0 Å². The molecule has 0 aliphatic carbocycles. The smallest absolute Gasteiger partial charge is 0.330 e. The highest BCUT2D eigenvalue weighted by Crippen LogP contribution is 2.37. The molecular weight excluding hydrogens is 368 g/mol. The lowest BCUT2D eigenvalue weighted by Crippen LogP contribution is -2.67. The molecule has 1 aliphatic heterocycles. The molecule has 0 amide bonds. The van der Waals surface area contributed by atoms with Gasteiger partial charge in [0.2, 0.25) is 0 Å². The number of aliphatic hydroxyl groups is 1. The van der Waals surface area contributed by atoms with Crippen LogP contribution in [0.1, 0.15) is 20.8 Å². The minimum atomic E-state index is -2.69. The lowest BCUT2D eigenvalue weighted by atomic mass is 10.0. The van der Waals surface area contributed by atoms with E-state index >= 15 is 0 Å². The van der Waals surface area contributed by atoms with Gasteiger partial charge in [-0.3, -0.25) is 0 Å². The maximum Gasteiger partial charge on any atom is 0.330 e. The van der Waals surface area contributed by atoms with Crippen molar-refractivity contribution in [3.8, 4) is 0 Å². The van der Waals surface area contributed by atoms with Crippen molar-refractivity contribution >= 4 is 24.7 Å². The first kappa shape index (κ1) is 20.5. The Balaban J connectivity index is 2.04. The summed E-state index contributed by atoms with van der Waals surface area (Å²) in [6.07, 6.45) is 2.59. The third-order valence-corrected chi connectivity index (χ3v) is 10.3. The maximum absolute atomic E-state index is 11.8. The fraction of sp³-hybridized carbons (Fsp3) is 0.348. The molecule has 2 aromatic rings. The average molecular weight is 397 g/mol. The van der Waals surface area contributed by atoms with E-state index in [9.17, 15) is 9.90 Å². The molecule has 2 atom stereocenters. The Kier molecular flexibility index (Phi) is 6.18. The molecule has 0 aromatic heterocycles. The molecule has 0 unspecified atom stereocenters. The number of carbonyl (C=O) groups is 1. The topological polar surface area (TPSA) is 55.8 Å². The van der Waals surface area contributed by atoms with Crippen LogP contribution in [0, 0.1) is 5.92 Å². The Hall–Kier alpha value is -2.21. The van der Waals surface area contributed by atoms with Gasteiger partial charge in [0.25, 0.3) is 8.32 Å². The summed E-state index contributed by atoms with van der Waals surface area (Å²) in [4.78, 5) is 11.8. The Morgan fingerprint density at radius 3 is 2.00 bits per heavy atom. The van der Waals surface area contributed by atoms with Crippen LogP contribution in [-0.2, 0) is 14.0 Å². The molecule has 1 N–H and O–H groups in total. The van der Waals surface area contributed by atoms with Gasteiger partial charge >= 0.3 is 5.97 Å². The summed E-state index contributed by atoms with van der Waals surface area (Å²) < 4.78 is 12.3. The average Bonchev–Trinajstić information content (AvgIpc) is 2.69. The van der Waals surface area contributed by atoms with Gasteiger partial charge in [0.1, 0.15) is 6.10 Å². The zero-order valence-electron chi connectivity index (χ0n) is 16.7. The third kappa shape index (κ3) is 3.97. The van der Waals surface area contributed by atoms with Crippen LogP contribution in [-0.4, -0.2) is 38.7 Å². The van der Waals surface area contributed by atoms with E-state index in [4.69, 9.17) is 9.16 Å². The maximum atomic E-state index is 11.8. The van der Waals surface area contributed by atoms with Crippen LogP contribution in [0.2, 0.25) is 5.04 Å². The van der Waals surface area contributed by atoms with Crippen molar-refractivity contribution in [2.45, 2.75) is 31.9 Å². The number of cyclic esters (lactones) is 1. The van der Waals surface area contributed by atoms with Crippen LogP contribution in [0.25, 0.3) is 0 Å². The van der Waals surface area contributed by atoms with Gasteiger partial charge in [-0.25, -0.2) is 4.79 Å². The minimum absolute atomic E-state index is 0.0848. The summed E-state index contributed by atoms with van der Waals surface area (Å²) in [6.45, 7) is 6.77. The number of benzene rings is 2. The van der Waals surface area contributed by atoms with Gasteiger partial charge in [-0.15, -0.1) is 0 Å². The van der Waals surface area contributed by atoms with Gasteiger partial charge in [0.05, 0.1) is 13.2 Å². The minimum Gasteiger partial charge on any atom is -0.456 e. The molecule has 28 heavy (non-hydrogen) atoms. The van der Waals surface area contributed by atoms with E-state index in [1.54, 1.807) is 6.08 Å². The zero-order chi connectivity index (χ0) is 20.2. The molecular formula is C23H28O4Si. The molecule has 0 bridgehead atoms. The van der Waals surface area contributed by atoms with Crippen molar-refractivity contribution in [3.05, 3.63) is 72.8 Å². The van der Waals surface area contributed by atoms with Crippen molar-refractivity contribution in [1.29, 1.82) is 0 Å². The van der Waals surface area contributed by atoms with Crippen molar-refractivity contribution in [3.63, 3.8) is 0 Å². The van der Waals surface area contributed by atoms with Crippen LogP contribution >= 0.6 is 0 Å². The highest BCUT2D eigenvalue weighted by molar-refractivity contribution is 6.99. The van der Waals surface area contributed by atoms with Gasteiger partial charge in [-0.1, -0.05) is 87.5 Å². The summed E-state index contributed by atoms with van der Waals surface area (Å²) in [5.41, 5.74) is 0.